The fraction of sp³-hybridized carbons (Fsp3) is 0.0556. The lowest BCUT2D eigenvalue weighted by Crippen LogP contribution is -2.12. The van der Waals surface area contributed by atoms with E-state index in [1.807, 2.05) is 36.4 Å². The number of benzene rings is 2. The number of oxazole rings is 1. The summed E-state index contributed by atoms with van der Waals surface area (Å²) < 4.78 is 7.18. The average molecular weight is 346 g/mol. The van der Waals surface area contributed by atoms with E-state index in [9.17, 15) is 4.79 Å². The lowest BCUT2D eigenvalue weighted by atomic mass is 10.2. The number of carbonyl (C=O) groups is 1. The lowest BCUT2D eigenvalue weighted by molar-refractivity contribution is 0.0996. The summed E-state index contributed by atoms with van der Waals surface area (Å²) in [7, 11) is 0. The van der Waals surface area contributed by atoms with Crippen molar-refractivity contribution in [2.24, 2.45) is 0 Å². The minimum absolute atomic E-state index is 0.177. The molecule has 128 valence electrons. The third-order valence-corrected chi connectivity index (χ3v) is 3.74. The number of nitrogens with one attached hydrogen (secondary N) is 1. The molecule has 26 heavy (non-hydrogen) atoms. The molecule has 4 aromatic rings. The molecule has 8 nitrogen and oxygen atoms in total. The SMILES string of the molecule is Cc1nc(-c2ccccc2)oc1C(=O)Nc1cccc(-n2cnnn2)c1. The highest BCUT2D eigenvalue weighted by atomic mass is 16.4. The largest absolute Gasteiger partial charge is 0.431 e. The molecule has 0 saturated carbocycles. The van der Waals surface area contributed by atoms with E-state index in [-0.39, 0.29) is 11.7 Å². The van der Waals surface area contributed by atoms with Crippen molar-refractivity contribution in [3.8, 4) is 17.1 Å². The van der Waals surface area contributed by atoms with Crippen molar-refractivity contribution in [2.45, 2.75) is 6.92 Å². The second-order valence-corrected chi connectivity index (χ2v) is 5.56. The molecule has 2 heterocycles. The quantitative estimate of drug-likeness (QED) is 0.610. The standard InChI is InChI=1S/C18H14N6O2/c1-12-16(26-18(20-12)13-6-3-2-4-7-13)17(25)21-14-8-5-9-15(10-14)24-11-19-22-23-24/h2-11H,1H3,(H,21,25). The van der Waals surface area contributed by atoms with E-state index >= 15 is 0 Å². The fourth-order valence-corrected chi connectivity index (χ4v) is 2.50. The lowest BCUT2D eigenvalue weighted by Gasteiger charge is -2.05. The molecular weight excluding hydrogens is 332 g/mol. The maximum Gasteiger partial charge on any atom is 0.293 e. The highest BCUT2D eigenvalue weighted by Crippen LogP contribution is 2.22. The number of tetrazole rings is 1. The van der Waals surface area contributed by atoms with Crippen molar-refractivity contribution in [1.82, 2.24) is 25.2 Å². The Labute approximate surface area is 148 Å². The third kappa shape index (κ3) is 3.07. The molecule has 0 unspecified atom stereocenters. The molecule has 2 aromatic carbocycles. The van der Waals surface area contributed by atoms with E-state index in [1.165, 1.54) is 11.0 Å². The van der Waals surface area contributed by atoms with Gasteiger partial charge in [0.2, 0.25) is 11.7 Å². The van der Waals surface area contributed by atoms with Crippen molar-refractivity contribution in [2.75, 3.05) is 5.32 Å². The molecule has 1 amide bonds. The number of rotatable bonds is 4. The predicted molar refractivity (Wildman–Crippen MR) is 93.8 cm³/mol. The molecule has 0 bridgehead atoms. The summed E-state index contributed by atoms with van der Waals surface area (Å²) in [5.74, 6) is 0.221. The second-order valence-electron chi connectivity index (χ2n) is 5.56. The zero-order valence-corrected chi connectivity index (χ0v) is 13.8. The minimum atomic E-state index is -0.369. The van der Waals surface area contributed by atoms with Crippen molar-refractivity contribution in [3.05, 3.63) is 72.4 Å². The van der Waals surface area contributed by atoms with Crippen LogP contribution in [0.4, 0.5) is 5.69 Å². The van der Waals surface area contributed by atoms with Crippen LogP contribution in [0.25, 0.3) is 17.1 Å². The van der Waals surface area contributed by atoms with Gasteiger partial charge in [-0.3, -0.25) is 4.79 Å². The number of nitrogens with zero attached hydrogens (tertiary/aromatic N) is 5. The van der Waals surface area contributed by atoms with Gasteiger partial charge in [0.15, 0.2) is 0 Å². The molecular formula is C18H14N6O2. The molecule has 1 N–H and O–H groups in total. The molecule has 0 aliphatic rings. The molecule has 0 aliphatic heterocycles. The number of anilines is 1. The molecule has 0 radical (unpaired) electrons. The Bertz CT molecular complexity index is 1040. The van der Waals surface area contributed by atoms with Crippen LogP contribution in [0.15, 0.2) is 65.3 Å². The first-order valence-corrected chi connectivity index (χ1v) is 7.88. The van der Waals surface area contributed by atoms with Crippen LogP contribution in [0.5, 0.6) is 0 Å². The van der Waals surface area contributed by atoms with Gasteiger partial charge in [-0.1, -0.05) is 24.3 Å². The van der Waals surface area contributed by atoms with Crippen LogP contribution in [0.3, 0.4) is 0 Å². The summed E-state index contributed by atoms with van der Waals surface area (Å²) in [6.45, 7) is 1.74. The topological polar surface area (TPSA) is 98.7 Å². The van der Waals surface area contributed by atoms with Crippen LogP contribution in [-0.2, 0) is 0 Å². The number of hydrogen-bond donors (Lipinski definition) is 1. The molecule has 0 aliphatic carbocycles. The van der Waals surface area contributed by atoms with Gasteiger partial charge in [-0.15, -0.1) is 5.10 Å². The number of carbonyl (C=O) groups excluding carboxylic acids is 1. The van der Waals surface area contributed by atoms with Crippen molar-refractivity contribution < 1.29 is 9.21 Å². The third-order valence-electron chi connectivity index (χ3n) is 3.74. The smallest absolute Gasteiger partial charge is 0.293 e. The maximum absolute atomic E-state index is 12.6. The first-order valence-electron chi connectivity index (χ1n) is 7.88. The van der Waals surface area contributed by atoms with E-state index in [2.05, 4.69) is 25.8 Å². The van der Waals surface area contributed by atoms with Gasteiger partial charge in [-0.2, -0.15) is 0 Å². The molecule has 0 saturated heterocycles. The van der Waals surface area contributed by atoms with Gasteiger partial charge in [0.25, 0.3) is 5.91 Å². The number of amides is 1. The van der Waals surface area contributed by atoms with Crippen LogP contribution in [0.2, 0.25) is 0 Å². The first kappa shape index (κ1) is 15.7. The summed E-state index contributed by atoms with van der Waals surface area (Å²) in [5.41, 5.74) is 2.67. The Hall–Kier alpha value is -3.81. The van der Waals surface area contributed by atoms with Crippen molar-refractivity contribution in [1.29, 1.82) is 0 Å². The minimum Gasteiger partial charge on any atom is -0.431 e. The highest BCUT2D eigenvalue weighted by Gasteiger charge is 2.18. The van der Waals surface area contributed by atoms with Crippen LogP contribution in [0.1, 0.15) is 16.2 Å². The van der Waals surface area contributed by atoms with Crippen LogP contribution in [-0.4, -0.2) is 31.1 Å². The van der Waals surface area contributed by atoms with E-state index < -0.39 is 0 Å². The summed E-state index contributed by atoms with van der Waals surface area (Å²) in [6.07, 6.45) is 1.48. The number of aryl methyl sites for hydroxylation is 1. The van der Waals surface area contributed by atoms with Gasteiger partial charge < -0.3 is 9.73 Å². The Morgan fingerprint density at radius 2 is 1.96 bits per heavy atom. The van der Waals surface area contributed by atoms with Gasteiger partial charge in [-0.05, 0) is 47.7 Å². The Kier molecular flexibility index (Phi) is 3.98. The highest BCUT2D eigenvalue weighted by molar-refractivity contribution is 6.03. The Morgan fingerprint density at radius 3 is 2.73 bits per heavy atom. The van der Waals surface area contributed by atoms with E-state index in [0.29, 0.717) is 17.3 Å². The summed E-state index contributed by atoms with van der Waals surface area (Å²) in [5, 5.41) is 13.8. The molecule has 4 rings (SSSR count). The normalized spacial score (nSPS) is 10.7. The van der Waals surface area contributed by atoms with Gasteiger partial charge in [0, 0.05) is 11.3 Å². The monoisotopic (exact) mass is 346 g/mol. The second kappa shape index (κ2) is 6.60. The zero-order chi connectivity index (χ0) is 17.9. The first-order chi connectivity index (χ1) is 12.7. The predicted octanol–water partition coefficient (Wildman–Crippen LogP) is 2.88. The van der Waals surface area contributed by atoms with Gasteiger partial charge >= 0.3 is 0 Å². The molecule has 0 fully saturated rings. The van der Waals surface area contributed by atoms with E-state index in [1.54, 1.807) is 25.1 Å². The number of aromatic nitrogens is 5. The van der Waals surface area contributed by atoms with Gasteiger partial charge in [-0.25, -0.2) is 9.67 Å². The molecule has 0 spiro atoms. The van der Waals surface area contributed by atoms with Gasteiger partial charge in [0.05, 0.1) is 11.4 Å². The molecule has 8 heteroatoms. The van der Waals surface area contributed by atoms with Gasteiger partial charge in [0.1, 0.15) is 6.33 Å². The average Bonchev–Trinajstić information content (AvgIpc) is 3.32. The van der Waals surface area contributed by atoms with Crippen LogP contribution < -0.4 is 5.32 Å². The Balaban J connectivity index is 1.58. The Morgan fingerprint density at radius 1 is 1.12 bits per heavy atom. The zero-order valence-electron chi connectivity index (χ0n) is 13.8. The van der Waals surface area contributed by atoms with E-state index in [4.69, 9.17) is 4.42 Å². The van der Waals surface area contributed by atoms with Crippen LogP contribution in [0, 0.1) is 6.92 Å². The molecule has 2 aromatic heterocycles. The van der Waals surface area contributed by atoms with E-state index in [0.717, 1.165) is 11.3 Å². The summed E-state index contributed by atoms with van der Waals surface area (Å²) in [4.78, 5) is 16.9. The van der Waals surface area contributed by atoms with Crippen molar-refractivity contribution in [3.63, 3.8) is 0 Å². The molecule has 0 atom stereocenters. The maximum atomic E-state index is 12.6. The summed E-state index contributed by atoms with van der Waals surface area (Å²) >= 11 is 0. The van der Waals surface area contributed by atoms with Crippen molar-refractivity contribution >= 4 is 11.6 Å². The van der Waals surface area contributed by atoms with Crippen LogP contribution >= 0.6 is 0 Å². The fourth-order valence-electron chi connectivity index (χ4n) is 2.50. The summed E-state index contributed by atoms with van der Waals surface area (Å²) in [6, 6.07) is 16.6. The number of hydrogen-bond acceptors (Lipinski definition) is 6.